The molecule has 0 saturated carbocycles. The van der Waals surface area contributed by atoms with E-state index in [1.54, 1.807) is 6.92 Å². The third-order valence-electron chi connectivity index (χ3n) is 6.50. The van der Waals surface area contributed by atoms with Crippen molar-refractivity contribution in [2.75, 3.05) is 36.4 Å². The number of anilines is 2. The van der Waals surface area contributed by atoms with Crippen molar-refractivity contribution < 1.29 is 58.9 Å². The molecular weight excluding hydrogens is 605 g/mol. The molecule has 18 heteroatoms. The van der Waals surface area contributed by atoms with Crippen LogP contribution in [0.5, 0.6) is 5.75 Å². The molecule has 1 fully saturated rings. The maximum atomic E-state index is 13.9. The highest BCUT2D eigenvalue weighted by Gasteiger charge is 2.38. The number of carboxylic acids is 1. The summed E-state index contributed by atoms with van der Waals surface area (Å²) < 4.78 is 116. The third kappa shape index (κ3) is 8.76. The van der Waals surface area contributed by atoms with Crippen LogP contribution in [0.2, 0.25) is 0 Å². The number of carbonyl (C=O) groups excluding carboxylic acids is 1. The number of aliphatic carboxylic acids is 1. The summed E-state index contributed by atoms with van der Waals surface area (Å²) in [6, 6.07) is 2.27. The van der Waals surface area contributed by atoms with E-state index in [4.69, 9.17) is 14.6 Å². The molecule has 238 valence electrons. The zero-order valence-corrected chi connectivity index (χ0v) is 22.4. The van der Waals surface area contributed by atoms with Crippen LogP contribution in [0.3, 0.4) is 0 Å². The smallest absolute Gasteiger partial charge is 0.487 e. The van der Waals surface area contributed by atoms with E-state index in [0.717, 1.165) is 17.0 Å². The molecule has 1 unspecified atom stereocenters. The Morgan fingerprint density at radius 3 is 2.26 bits per heavy atom. The van der Waals surface area contributed by atoms with Gasteiger partial charge in [0.1, 0.15) is 11.9 Å². The molecule has 3 heterocycles. The van der Waals surface area contributed by atoms with Crippen LogP contribution in [0.4, 0.5) is 51.1 Å². The number of ether oxygens (including phenoxy) is 1. The Bertz CT molecular complexity index is 1290. The zero-order valence-electron chi connectivity index (χ0n) is 22.4. The molecule has 2 N–H and O–H groups in total. The highest BCUT2D eigenvalue weighted by atomic mass is 19.4. The van der Waals surface area contributed by atoms with E-state index in [0.29, 0.717) is 37.4 Å². The predicted octanol–water partition coefficient (Wildman–Crippen LogP) is 4.82. The van der Waals surface area contributed by atoms with E-state index in [9.17, 15) is 44.3 Å². The van der Waals surface area contributed by atoms with Crippen molar-refractivity contribution in [3.63, 3.8) is 0 Å². The van der Waals surface area contributed by atoms with Crippen molar-refractivity contribution in [2.45, 2.75) is 57.4 Å². The Kier molecular flexibility index (Phi) is 10.9. The van der Waals surface area contributed by atoms with Crippen LogP contribution in [0, 0.1) is 11.6 Å². The Morgan fingerprint density at radius 1 is 1.09 bits per heavy atom. The van der Waals surface area contributed by atoms with Crippen molar-refractivity contribution in [2.24, 2.45) is 0 Å². The molecule has 2 aliphatic rings. The summed E-state index contributed by atoms with van der Waals surface area (Å²) in [6.07, 6.45) is -10.2. The molecule has 1 amide bonds. The summed E-state index contributed by atoms with van der Waals surface area (Å²) in [7, 11) is 0. The number of hydrogen-bond acceptors (Lipinski definition) is 7. The maximum absolute atomic E-state index is 13.9. The first kappa shape index (κ1) is 33.5. The van der Waals surface area contributed by atoms with Gasteiger partial charge in [0.2, 0.25) is 0 Å². The predicted molar refractivity (Wildman–Crippen MR) is 132 cm³/mol. The lowest BCUT2D eigenvalue weighted by atomic mass is 10.0. The Balaban J connectivity index is 0.000000646. The van der Waals surface area contributed by atoms with E-state index in [-0.39, 0.29) is 36.3 Å². The molecular formula is C25H26F9N5O4. The lowest BCUT2D eigenvalue weighted by Gasteiger charge is -2.37. The fourth-order valence-corrected chi connectivity index (χ4v) is 4.43. The topological polar surface area (TPSA) is 108 Å². The Hall–Kier alpha value is -3.99. The van der Waals surface area contributed by atoms with Gasteiger partial charge in [0.25, 0.3) is 12.3 Å². The number of nitrogens with zero attached hydrogens (tertiary/aromatic N) is 4. The summed E-state index contributed by atoms with van der Waals surface area (Å²) in [5, 5.41) is 9.70. The summed E-state index contributed by atoms with van der Waals surface area (Å²) in [4.78, 5) is 32.7. The molecule has 0 aliphatic carbocycles. The monoisotopic (exact) mass is 631 g/mol. The van der Waals surface area contributed by atoms with Gasteiger partial charge in [-0.25, -0.2) is 32.3 Å². The average molecular weight is 631 g/mol. The second kappa shape index (κ2) is 14.0. The number of hydrogen-bond donors (Lipinski definition) is 2. The minimum atomic E-state index is -5.08. The number of piperidine rings is 1. The molecule has 1 aromatic heterocycles. The number of aromatic nitrogens is 2. The lowest BCUT2D eigenvalue weighted by molar-refractivity contribution is -0.192. The fraction of sp³-hybridized carbons (Fsp3) is 0.520. The summed E-state index contributed by atoms with van der Waals surface area (Å²) >= 11 is 0. The van der Waals surface area contributed by atoms with E-state index in [1.807, 2.05) is 4.90 Å². The molecule has 0 bridgehead atoms. The van der Waals surface area contributed by atoms with Crippen molar-refractivity contribution in [3.05, 3.63) is 41.2 Å². The van der Waals surface area contributed by atoms with Crippen LogP contribution in [0.25, 0.3) is 0 Å². The van der Waals surface area contributed by atoms with Crippen molar-refractivity contribution in [1.29, 1.82) is 0 Å². The molecule has 9 nitrogen and oxygen atoms in total. The summed E-state index contributed by atoms with van der Waals surface area (Å²) in [5.41, 5.74) is 0.783. The number of carboxylic acid groups (broad SMARTS) is 1. The quantitative estimate of drug-likeness (QED) is 0.419. The van der Waals surface area contributed by atoms with E-state index < -0.39 is 55.1 Å². The van der Waals surface area contributed by atoms with Gasteiger partial charge in [-0.2, -0.15) is 22.0 Å². The number of alkyl halides is 7. The van der Waals surface area contributed by atoms with E-state index >= 15 is 0 Å². The molecule has 0 radical (unpaired) electrons. The number of carbonyl (C=O) groups is 2. The largest absolute Gasteiger partial charge is 0.490 e. The van der Waals surface area contributed by atoms with Gasteiger partial charge in [-0.05, 0) is 19.1 Å². The summed E-state index contributed by atoms with van der Waals surface area (Å²) in [5.74, 6) is -5.24. The number of rotatable bonds is 7. The molecule has 2 aromatic rings. The Labute approximate surface area is 238 Å². The minimum absolute atomic E-state index is 0.0361. The number of halogens is 9. The lowest BCUT2D eigenvalue weighted by Crippen LogP contribution is -2.43. The number of fused-ring (bicyclic) bond motifs is 1. The molecule has 1 saturated heterocycles. The van der Waals surface area contributed by atoms with Gasteiger partial charge in [0.05, 0.1) is 24.0 Å². The van der Waals surface area contributed by atoms with Crippen LogP contribution < -0.4 is 15.0 Å². The third-order valence-corrected chi connectivity index (χ3v) is 6.50. The average Bonchev–Trinajstić information content (AvgIpc) is 2.93. The molecule has 0 spiro atoms. The van der Waals surface area contributed by atoms with Gasteiger partial charge in [0, 0.05) is 45.0 Å². The zero-order chi connectivity index (χ0) is 32.1. The van der Waals surface area contributed by atoms with Gasteiger partial charge in [-0.3, -0.25) is 4.79 Å². The summed E-state index contributed by atoms with van der Waals surface area (Å²) in [6.45, 7) is 1.68. The first-order valence-corrected chi connectivity index (χ1v) is 12.8. The molecule has 43 heavy (non-hydrogen) atoms. The van der Waals surface area contributed by atoms with Gasteiger partial charge in [-0.15, -0.1) is 0 Å². The van der Waals surface area contributed by atoms with Crippen LogP contribution >= 0.6 is 0 Å². The Morgan fingerprint density at radius 2 is 1.72 bits per heavy atom. The highest BCUT2D eigenvalue weighted by molar-refractivity contribution is 5.80. The normalized spacial score (nSPS) is 17.3. The number of amides is 1. The van der Waals surface area contributed by atoms with Gasteiger partial charge in [-0.1, -0.05) is 0 Å². The van der Waals surface area contributed by atoms with Gasteiger partial charge < -0.3 is 25.0 Å². The first-order chi connectivity index (χ1) is 20.1. The van der Waals surface area contributed by atoms with Crippen molar-refractivity contribution in [1.82, 2.24) is 14.9 Å². The second-order valence-electron chi connectivity index (χ2n) is 9.44. The number of nitrogens with one attached hydrogen (secondary N) is 1. The van der Waals surface area contributed by atoms with Gasteiger partial charge >= 0.3 is 18.6 Å². The minimum Gasteiger partial charge on any atom is -0.487 e. The van der Waals surface area contributed by atoms with E-state index in [1.165, 1.54) is 6.07 Å². The first-order valence-electron chi connectivity index (χ1n) is 12.8. The molecule has 1 atom stereocenters. The van der Waals surface area contributed by atoms with E-state index in [2.05, 4.69) is 15.3 Å². The second-order valence-corrected chi connectivity index (χ2v) is 9.44. The molecule has 2 aliphatic heterocycles. The van der Waals surface area contributed by atoms with Crippen molar-refractivity contribution >= 4 is 23.5 Å². The maximum Gasteiger partial charge on any atom is 0.490 e. The van der Waals surface area contributed by atoms with Crippen LogP contribution in [0.15, 0.2) is 18.2 Å². The van der Waals surface area contributed by atoms with Crippen LogP contribution in [0.1, 0.15) is 37.2 Å². The highest BCUT2D eigenvalue weighted by Crippen LogP contribution is 2.34. The van der Waals surface area contributed by atoms with Gasteiger partial charge in [0.15, 0.2) is 23.2 Å². The molecule has 1 aromatic carbocycles. The van der Waals surface area contributed by atoms with Crippen LogP contribution in [-0.4, -0.2) is 83.2 Å². The van der Waals surface area contributed by atoms with Crippen molar-refractivity contribution in [3.8, 4) is 5.75 Å². The fourth-order valence-electron chi connectivity index (χ4n) is 4.43. The number of benzene rings is 1. The molecule has 4 rings (SSSR count). The SMILES string of the molecule is CC1c2nc(NCC(F)F)c(N3CCC(Oc4ccc(F)cc4F)CC3)nc2CCN1C(=O)C(F)F.O=C(O)C(F)(F)F. The standard InChI is InChI=1S/C23H25F6N5O2.C2HF3O2/c1-12-19-16(6-9-34(12)23(35)20(28)29)31-22(21(32-19)30-11-18(26)27)33-7-4-14(5-8-33)36-17-3-2-13(24)10-15(17)25;3-2(4,5)1(6)7/h2-3,10,12,14,18,20H,4-9,11H2,1H3,(H,30,32);(H,6,7). The van der Waals surface area contributed by atoms with Crippen LogP contribution in [-0.2, 0) is 16.0 Å².